The molecule has 1 atom stereocenters. The average Bonchev–Trinajstić information content (AvgIpc) is 2.77. The van der Waals surface area contributed by atoms with Crippen LogP contribution in [0.2, 0.25) is 0 Å². The van der Waals surface area contributed by atoms with Crippen LogP contribution in [-0.4, -0.2) is 67.6 Å². The van der Waals surface area contributed by atoms with Crippen LogP contribution >= 0.6 is 0 Å². The Labute approximate surface area is 116 Å². The molecule has 1 amide bonds. The highest BCUT2D eigenvalue weighted by atomic mass is 16.1. The quantitative estimate of drug-likeness (QED) is 0.754. The summed E-state index contributed by atoms with van der Waals surface area (Å²) in [6, 6.07) is 0.417. The zero-order chi connectivity index (χ0) is 13.9. The van der Waals surface area contributed by atoms with E-state index in [1.165, 1.54) is 12.8 Å². The lowest BCUT2D eigenvalue weighted by molar-refractivity contribution is -0.122. The summed E-state index contributed by atoms with van der Waals surface area (Å²) in [6.07, 6.45) is 4.80. The average molecular weight is 268 g/mol. The van der Waals surface area contributed by atoms with Crippen molar-refractivity contribution in [3.05, 3.63) is 0 Å². The summed E-state index contributed by atoms with van der Waals surface area (Å²) in [5.74, 6) is 0.117. The number of hydrogen-bond acceptors (Lipinski definition) is 4. The van der Waals surface area contributed by atoms with Gasteiger partial charge < -0.3 is 16.0 Å². The summed E-state index contributed by atoms with van der Waals surface area (Å²) >= 11 is 0. The number of nitrogens with one attached hydrogen (secondary N) is 1. The number of amides is 1. The summed E-state index contributed by atoms with van der Waals surface area (Å²) in [7, 11) is 4.26. The molecule has 0 radical (unpaired) electrons. The molecule has 1 unspecified atom stereocenters. The Morgan fingerprint density at radius 2 is 2.00 bits per heavy atom. The number of nitrogens with zero attached hydrogens (tertiary/aromatic N) is 2. The van der Waals surface area contributed by atoms with E-state index in [1.54, 1.807) is 0 Å². The third kappa shape index (κ3) is 4.16. The van der Waals surface area contributed by atoms with Crippen molar-refractivity contribution in [1.82, 2.24) is 15.1 Å². The zero-order valence-electron chi connectivity index (χ0n) is 12.3. The first-order valence-electron chi connectivity index (χ1n) is 7.43. The first kappa shape index (κ1) is 14.8. The molecule has 0 aromatic rings. The number of piperazine rings is 1. The van der Waals surface area contributed by atoms with Crippen LogP contribution in [0.5, 0.6) is 0 Å². The van der Waals surface area contributed by atoms with Gasteiger partial charge in [-0.25, -0.2) is 0 Å². The predicted octanol–water partition coefficient (Wildman–Crippen LogP) is 0.0100. The Morgan fingerprint density at radius 3 is 2.68 bits per heavy atom. The fraction of sp³-hybridized carbons (Fsp3) is 0.929. The molecule has 5 nitrogen and oxygen atoms in total. The van der Waals surface area contributed by atoms with Gasteiger partial charge in [-0.15, -0.1) is 0 Å². The first-order valence-corrected chi connectivity index (χ1v) is 7.43. The molecule has 1 aliphatic heterocycles. The summed E-state index contributed by atoms with van der Waals surface area (Å²) in [5.41, 5.74) is 6.00. The van der Waals surface area contributed by atoms with E-state index in [2.05, 4.69) is 29.2 Å². The standard InChI is InChI=1S/C14H28N4O/c1-17-7-8-18(2)12(11-17)10-16-13(19)9-14(15)5-3-4-6-14/h12H,3-11,15H2,1-2H3,(H,16,19). The van der Waals surface area contributed by atoms with E-state index in [0.29, 0.717) is 12.5 Å². The maximum atomic E-state index is 12.0. The molecule has 5 heteroatoms. The van der Waals surface area contributed by atoms with Crippen molar-refractivity contribution < 1.29 is 4.79 Å². The molecular weight excluding hydrogens is 240 g/mol. The molecule has 2 fully saturated rings. The zero-order valence-corrected chi connectivity index (χ0v) is 12.3. The maximum Gasteiger partial charge on any atom is 0.221 e. The number of carbonyl (C=O) groups is 1. The van der Waals surface area contributed by atoms with Crippen molar-refractivity contribution >= 4 is 5.91 Å². The summed E-state index contributed by atoms with van der Waals surface area (Å²) < 4.78 is 0. The number of hydrogen-bond donors (Lipinski definition) is 2. The largest absolute Gasteiger partial charge is 0.354 e. The van der Waals surface area contributed by atoms with Crippen LogP contribution in [0.3, 0.4) is 0 Å². The van der Waals surface area contributed by atoms with E-state index in [-0.39, 0.29) is 11.4 Å². The van der Waals surface area contributed by atoms with Crippen LogP contribution in [0.15, 0.2) is 0 Å². The molecule has 1 heterocycles. The second-order valence-electron chi connectivity index (χ2n) is 6.45. The van der Waals surface area contributed by atoms with Crippen LogP contribution in [0.1, 0.15) is 32.1 Å². The topological polar surface area (TPSA) is 61.6 Å². The molecule has 0 bridgehead atoms. The van der Waals surface area contributed by atoms with Gasteiger partial charge in [0.15, 0.2) is 0 Å². The van der Waals surface area contributed by atoms with E-state index < -0.39 is 0 Å². The van der Waals surface area contributed by atoms with Crippen LogP contribution in [-0.2, 0) is 4.79 Å². The fourth-order valence-corrected chi connectivity index (χ4v) is 3.19. The van der Waals surface area contributed by atoms with Gasteiger partial charge in [-0.1, -0.05) is 12.8 Å². The molecule has 110 valence electrons. The Morgan fingerprint density at radius 1 is 1.32 bits per heavy atom. The minimum Gasteiger partial charge on any atom is -0.354 e. The molecule has 1 saturated heterocycles. The van der Waals surface area contributed by atoms with Crippen LogP contribution in [0.25, 0.3) is 0 Å². The molecule has 19 heavy (non-hydrogen) atoms. The second-order valence-corrected chi connectivity index (χ2v) is 6.45. The molecule has 2 aliphatic rings. The fourth-order valence-electron chi connectivity index (χ4n) is 3.19. The van der Waals surface area contributed by atoms with Crippen molar-refractivity contribution in [2.24, 2.45) is 5.73 Å². The molecule has 2 rings (SSSR count). The van der Waals surface area contributed by atoms with Gasteiger partial charge in [0.05, 0.1) is 0 Å². The maximum absolute atomic E-state index is 12.0. The van der Waals surface area contributed by atoms with E-state index in [0.717, 1.165) is 39.0 Å². The lowest BCUT2D eigenvalue weighted by atomic mass is 9.94. The van der Waals surface area contributed by atoms with Gasteiger partial charge in [-0.3, -0.25) is 9.69 Å². The van der Waals surface area contributed by atoms with Crippen LogP contribution in [0.4, 0.5) is 0 Å². The second kappa shape index (κ2) is 6.20. The summed E-state index contributed by atoms with van der Waals surface area (Å²) in [5, 5.41) is 3.07. The highest BCUT2D eigenvalue weighted by Gasteiger charge is 2.32. The van der Waals surface area contributed by atoms with E-state index in [9.17, 15) is 4.79 Å². The third-order valence-electron chi connectivity index (χ3n) is 4.63. The number of carbonyl (C=O) groups excluding carboxylic acids is 1. The highest BCUT2D eigenvalue weighted by molar-refractivity contribution is 5.77. The van der Waals surface area contributed by atoms with Gasteiger partial charge in [-0.05, 0) is 26.9 Å². The Kier molecular flexibility index (Phi) is 4.81. The van der Waals surface area contributed by atoms with Gasteiger partial charge in [0.25, 0.3) is 0 Å². The predicted molar refractivity (Wildman–Crippen MR) is 76.9 cm³/mol. The SMILES string of the molecule is CN1CCN(C)C(CNC(=O)CC2(N)CCCC2)C1. The van der Waals surface area contributed by atoms with Gasteiger partial charge in [0, 0.05) is 44.2 Å². The van der Waals surface area contributed by atoms with E-state index in [4.69, 9.17) is 5.73 Å². The Hall–Kier alpha value is -0.650. The monoisotopic (exact) mass is 268 g/mol. The number of nitrogens with two attached hydrogens (primary N) is 1. The lowest BCUT2D eigenvalue weighted by Crippen LogP contribution is -2.54. The van der Waals surface area contributed by atoms with Gasteiger partial charge >= 0.3 is 0 Å². The van der Waals surface area contributed by atoms with Crippen molar-refractivity contribution in [3.63, 3.8) is 0 Å². The highest BCUT2D eigenvalue weighted by Crippen LogP contribution is 2.29. The van der Waals surface area contributed by atoms with Crippen LogP contribution < -0.4 is 11.1 Å². The normalized spacial score (nSPS) is 28.5. The van der Waals surface area contributed by atoms with Gasteiger partial charge in [0.1, 0.15) is 0 Å². The van der Waals surface area contributed by atoms with Crippen molar-refractivity contribution in [3.8, 4) is 0 Å². The minimum absolute atomic E-state index is 0.117. The molecule has 1 saturated carbocycles. The first-order chi connectivity index (χ1) is 8.98. The molecule has 0 spiro atoms. The molecular formula is C14H28N4O. The van der Waals surface area contributed by atoms with Crippen LogP contribution in [0, 0.1) is 0 Å². The Balaban J connectivity index is 1.73. The van der Waals surface area contributed by atoms with E-state index in [1.807, 2.05) is 0 Å². The third-order valence-corrected chi connectivity index (χ3v) is 4.63. The van der Waals surface area contributed by atoms with Gasteiger partial charge in [0.2, 0.25) is 5.91 Å². The lowest BCUT2D eigenvalue weighted by Gasteiger charge is -2.37. The molecule has 1 aliphatic carbocycles. The van der Waals surface area contributed by atoms with E-state index >= 15 is 0 Å². The number of rotatable bonds is 4. The molecule has 0 aromatic heterocycles. The molecule has 3 N–H and O–H groups in total. The van der Waals surface area contributed by atoms with Crippen molar-refractivity contribution in [2.75, 3.05) is 40.3 Å². The van der Waals surface area contributed by atoms with Gasteiger partial charge in [-0.2, -0.15) is 0 Å². The smallest absolute Gasteiger partial charge is 0.221 e. The summed E-state index contributed by atoms with van der Waals surface area (Å²) in [6.45, 7) is 3.92. The van der Waals surface area contributed by atoms with Crippen molar-refractivity contribution in [2.45, 2.75) is 43.7 Å². The molecule has 0 aromatic carbocycles. The minimum atomic E-state index is -0.237. The van der Waals surface area contributed by atoms with Crippen molar-refractivity contribution in [1.29, 1.82) is 0 Å². The number of likely N-dealkylation sites (N-methyl/N-ethyl adjacent to an activating group) is 2. The Bertz CT molecular complexity index is 315. The summed E-state index contributed by atoms with van der Waals surface area (Å²) in [4.78, 5) is 16.7.